The molecule has 0 aliphatic carbocycles. The average molecular weight is 329 g/mol. The van der Waals surface area contributed by atoms with Crippen LogP contribution in [0, 0.1) is 11.7 Å². The molecule has 0 aliphatic heterocycles. The molecular formula is C19H18ClFN2. The van der Waals surface area contributed by atoms with Crippen LogP contribution in [0.3, 0.4) is 0 Å². The molecule has 23 heavy (non-hydrogen) atoms. The number of nitrogens with zero attached hydrogens (tertiary/aromatic N) is 1. The van der Waals surface area contributed by atoms with Crippen molar-refractivity contribution in [1.29, 1.82) is 0 Å². The van der Waals surface area contributed by atoms with Crippen molar-refractivity contribution < 1.29 is 4.39 Å². The Hall–Kier alpha value is -2.13. The minimum Gasteiger partial charge on any atom is -0.278 e. The number of hydrogen-bond acceptors (Lipinski definition) is 1. The van der Waals surface area contributed by atoms with Crippen LogP contribution in [0.2, 0.25) is 5.02 Å². The molecule has 3 aromatic rings. The highest BCUT2D eigenvalue weighted by molar-refractivity contribution is 6.32. The van der Waals surface area contributed by atoms with Crippen LogP contribution < -0.4 is 0 Å². The van der Waals surface area contributed by atoms with E-state index in [2.05, 4.69) is 36.2 Å². The van der Waals surface area contributed by atoms with E-state index in [-0.39, 0.29) is 5.82 Å². The van der Waals surface area contributed by atoms with Crippen LogP contribution in [-0.4, -0.2) is 10.2 Å². The van der Waals surface area contributed by atoms with Gasteiger partial charge in [0.15, 0.2) is 0 Å². The van der Waals surface area contributed by atoms with E-state index < -0.39 is 0 Å². The topological polar surface area (TPSA) is 28.7 Å². The Labute approximate surface area is 140 Å². The van der Waals surface area contributed by atoms with E-state index in [0.717, 1.165) is 34.0 Å². The monoisotopic (exact) mass is 328 g/mol. The van der Waals surface area contributed by atoms with Crippen LogP contribution in [0.5, 0.6) is 0 Å². The van der Waals surface area contributed by atoms with Gasteiger partial charge in [-0.25, -0.2) is 4.39 Å². The zero-order valence-corrected chi connectivity index (χ0v) is 13.9. The Morgan fingerprint density at radius 3 is 2.83 bits per heavy atom. The molecule has 1 aromatic heterocycles. The first-order valence-corrected chi connectivity index (χ1v) is 8.00. The van der Waals surface area contributed by atoms with Gasteiger partial charge >= 0.3 is 0 Å². The van der Waals surface area contributed by atoms with Gasteiger partial charge in [-0.05, 0) is 53.3 Å². The maximum absolute atomic E-state index is 13.3. The fourth-order valence-corrected chi connectivity index (χ4v) is 2.98. The molecule has 1 heterocycles. The standard InChI is InChI=1S/C19H18ClFN2/c1-12(2)7-14(17-5-4-16(21)10-18(17)20)8-13-3-6-19-15(9-13)11-22-23-19/h3-6,8-12H,7H2,1-2H3,(H,22,23)/b14-8+. The molecule has 0 fully saturated rings. The molecule has 0 bridgehead atoms. The zero-order valence-electron chi connectivity index (χ0n) is 13.1. The van der Waals surface area contributed by atoms with Crippen molar-refractivity contribution in [1.82, 2.24) is 10.2 Å². The highest BCUT2D eigenvalue weighted by Gasteiger charge is 2.10. The van der Waals surface area contributed by atoms with Crippen LogP contribution >= 0.6 is 11.6 Å². The molecule has 0 aliphatic rings. The van der Waals surface area contributed by atoms with Gasteiger partial charge in [0.25, 0.3) is 0 Å². The molecule has 3 rings (SSSR count). The number of fused-ring (bicyclic) bond motifs is 1. The zero-order chi connectivity index (χ0) is 16.4. The molecule has 0 amide bonds. The van der Waals surface area contributed by atoms with E-state index in [4.69, 9.17) is 11.6 Å². The largest absolute Gasteiger partial charge is 0.278 e. The van der Waals surface area contributed by atoms with Crippen molar-refractivity contribution in [2.45, 2.75) is 20.3 Å². The molecule has 1 N–H and O–H groups in total. The molecule has 0 spiro atoms. The van der Waals surface area contributed by atoms with E-state index in [1.165, 1.54) is 12.1 Å². The van der Waals surface area contributed by atoms with Crippen molar-refractivity contribution in [3.63, 3.8) is 0 Å². The number of allylic oxidation sites excluding steroid dienone is 1. The molecule has 4 heteroatoms. The number of aromatic nitrogens is 2. The van der Waals surface area contributed by atoms with Gasteiger partial charge in [-0.1, -0.05) is 43.7 Å². The lowest BCUT2D eigenvalue weighted by Gasteiger charge is -2.13. The fourth-order valence-electron chi connectivity index (χ4n) is 2.69. The van der Waals surface area contributed by atoms with E-state index in [1.807, 2.05) is 12.1 Å². The van der Waals surface area contributed by atoms with E-state index in [9.17, 15) is 4.39 Å². The quantitative estimate of drug-likeness (QED) is 0.590. The molecular weight excluding hydrogens is 311 g/mol. The first-order valence-electron chi connectivity index (χ1n) is 7.62. The summed E-state index contributed by atoms with van der Waals surface area (Å²) in [4.78, 5) is 0. The van der Waals surface area contributed by atoms with Crippen LogP contribution in [0.25, 0.3) is 22.6 Å². The molecule has 0 atom stereocenters. The highest BCUT2D eigenvalue weighted by atomic mass is 35.5. The molecule has 2 nitrogen and oxygen atoms in total. The molecule has 0 unspecified atom stereocenters. The minimum atomic E-state index is -0.317. The van der Waals surface area contributed by atoms with Gasteiger partial charge in [-0.2, -0.15) is 5.10 Å². The SMILES string of the molecule is CC(C)C/C(=C\c1ccc2[nH]ncc2c1)c1ccc(F)cc1Cl. The second-order valence-electron chi connectivity index (χ2n) is 6.11. The van der Waals surface area contributed by atoms with E-state index in [0.29, 0.717) is 10.9 Å². The predicted octanol–water partition coefficient (Wildman–Crippen LogP) is 5.94. The number of H-pyrrole nitrogens is 1. The number of rotatable bonds is 4. The Morgan fingerprint density at radius 2 is 2.09 bits per heavy atom. The maximum atomic E-state index is 13.3. The van der Waals surface area contributed by atoms with Gasteiger partial charge in [-0.3, -0.25) is 5.10 Å². The first kappa shape index (κ1) is 15.8. The lowest BCUT2D eigenvalue weighted by Crippen LogP contribution is -1.94. The second-order valence-corrected chi connectivity index (χ2v) is 6.52. The number of nitrogens with one attached hydrogen (secondary N) is 1. The van der Waals surface area contributed by atoms with Crippen LogP contribution in [-0.2, 0) is 0 Å². The molecule has 2 aromatic carbocycles. The van der Waals surface area contributed by atoms with Gasteiger partial charge in [0, 0.05) is 5.39 Å². The van der Waals surface area contributed by atoms with Gasteiger partial charge in [-0.15, -0.1) is 0 Å². The van der Waals surface area contributed by atoms with Crippen molar-refractivity contribution in [2.24, 2.45) is 5.92 Å². The third-order valence-electron chi connectivity index (χ3n) is 3.71. The Morgan fingerprint density at radius 1 is 1.26 bits per heavy atom. The Bertz CT molecular complexity index is 865. The summed E-state index contributed by atoms with van der Waals surface area (Å²) in [6, 6.07) is 10.7. The average Bonchev–Trinajstić information content (AvgIpc) is 2.93. The summed E-state index contributed by atoms with van der Waals surface area (Å²) < 4.78 is 13.3. The summed E-state index contributed by atoms with van der Waals surface area (Å²) in [5.41, 5.74) is 4.07. The highest BCUT2D eigenvalue weighted by Crippen LogP contribution is 2.31. The van der Waals surface area contributed by atoms with Crippen LogP contribution in [0.15, 0.2) is 42.6 Å². The van der Waals surface area contributed by atoms with Gasteiger partial charge in [0.2, 0.25) is 0 Å². The first-order chi connectivity index (χ1) is 11.0. The Balaban J connectivity index is 2.06. The Kier molecular flexibility index (Phi) is 4.49. The summed E-state index contributed by atoms with van der Waals surface area (Å²) in [5, 5.41) is 8.50. The van der Waals surface area contributed by atoms with E-state index >= 15 is 0 Å². The number of halogens is 2. The third kappa shape index (κ3) is 3.62. The van der Waals surface area contributed by atoms with Crippen LogP contribution in [0.4, 0.5) is 4.39 Å². The molecule has 118 valence electrons. The lowest BCUT2D eigenvalue weighted by atomic mass is 9.94. The summed E-state index contributed by atoms with van der Waals surface area (Å²) in [6.07, 6.45) is 4.79. The number of aromatic amines is 1. The summed E-state index contributed by atoms with van der Waals surface area (Å²) in [7, 11) is 0. The smallest absolute Gasteiger partial charge is 0.124 e. The van der Waals surface area contributed by atoms with Gasteiger partial charge < -0.3 is 0 Å². The van der Waals surface area contributed by atoms with Crippen molar-refractivity contribution >= 4 is 34.2 Å². The third-order valence-corrected chi connectivity index (χ3v) is 4.02. The summed E-state index contributed by atoms with van der Waals surface area (Å²) >= 11 is 6.26. The molecule has 0 saturated heterocycles. The number of benzene rings is 2. The van der Waals surface area contributed by atoms with Crippen LogP contribution in [0.1, 0.15) is 31.4 Å². The summed E-state index contributed by atoms with van der Waals surface area (Å²) in [6.45, 7) is 4.31. The van der Waals surface area contributed by atoms with Gasteiger partial charge in [0.1, 0.15) is 5.82 Å². The summed E-state index contributed by atoms with van der Waals surface area (Å²) in [5.74, 6) is 0.155. The minimum absolute atomic E-state index is 0.317. The van der Waals surface area contributed by atoms with Crippen molar-refractivity contribution in [2.75, 3.05) is 0 Å². The normalized spacial score (nSPS) is 12.3. The fraction of sp³-hybridized carbons (Fsp3) is 0.211. The second kappa shape index (κ2) is 6.55. The van der Waals surface area contributed by atoms with E-state index in [1.54, 1.807) is 12.3 Å². The predicted molar refractivity (Wildman–Crippen MR) is 94.8 cm³/mol. The van der Waals surface area contributed by atoms with Crippen molar-refractivity contribution in [3.8, 4) is 0 Å². The molecule has 0 saturated carbocycles. The lowest BCUT2D eigenvalue weighted by molar-refractivity contribution is 0.627. The van der Waals surface area contributed by atoms with Gasteiger partial charge in [0.05, 0.1) is 16.7 Å². The van der Waals surface area contributed by atoms with Crippen molar-refractivity contribution in [3.05, 3.63) is 64.6 Å². The molecule has 0 radical (unpaired) electrons. The maximum Gasteiger partial charge on any atom is 0.124 e. The number of hydrogen-bond donors (Lipinski definition) is 1.